The molecule has 204 valence electrons. The van der Waals surface area contributed by atoms with Crippen molar-refractivity contribution in [3.8, 4) is 22.4 Å². The van der Waals surface area contributed by atoms with Crippen molar-refractivity contribution in [1.29, 1.82) is 0 Å². The minimum atomic E-state index is 0.675. The number of anilines is 3. The fraction of sp³-hybridized carbons (Fsp3) is 0. The molecule has 0 saturated carbocycles. The minimum absolute atomic E-state index is 0.675. The molecule has 1 aliphatic heterocycles. The molecule has 4 heteroatoms. The van der Waals surface area contributed by atoms with Gasteiger partial charge in [-0.2, -0.15) is 0 Å². The number of aromatic nitrogens is 2. The molecule has 3 heterocycles. The quantitative estimate of drug-likeness (QED) is 0.205. The van der Waals surface area contributed by atoms with E-state index in [4.69, 9.17) is 9.97 Å². The van der Waals surface area contributed by atoms with Gasteiger partial charge in [-0.25, -0.2) is 9.97 Å². The standard InChI is InChI=1S/C40H23N3S/c1-2-12-27-24(9-1)20-22-34-38(27)31-15-7-10-25-11-8-17-33(37(25)31)43(34)40-41-32-16-5-3-14-30(32)39(42-40)26-19-21-29-28-13-4-6-18-35(28)44-36(29)23-26/h1-23H. The van der Waals surface area contributed by atoms with Crippen molar-refractivity contribution in [1.82, 2.24) is 9.97 Å². The van der Waals surface area contributed by atoms with E-state index < -0.39 is 0 Å². The normalized spacial score (nSPS) is 12.5. The van der Waals surface area contributed by atoms with Crippen LogP contribution in [0.5, 0.6) is 0 Å². The van der Waals surface area contributed by atoms with E-state index in [9.17, 15) is 0 Å². The van der Waals surface area contributed by atoms with Crippen LogP contribution >= 0.6 is 11.3 Å². The Kier molecular flexibility index (Phi) is 4.87. The Morgan fingerprint density at radius 3 is 2.18 bits per heavy atom. The Balaban J connectivity index is 1.28. The van der Waals surface area contributed by atoms with Gasteiger partial charge in [-0.1, -0.05) is 109 Å². The zero-order valence-electron chi connectivity index (χ0n) is 23.5. The van der Waals surface area contributed by atoms with Crippen molar-refractivity contribution < 1.29 is 0 Å². The van der Waals surface area contributed by atoms with Crippen molar-refractivity contribution in [2.24, 2.45) is 0 Å². The predicted molar refractivity (Wildman–Crippen MR) is 187 cm³/mol. The molecule has 0 amide bonds. The number of hydrogen-bond donors (Lipinski definition) is 0. The van der Waals surface area contributed by atoms with Crippen molar-refractivity contribution in [2.75, 3.05) is 4.90 Å². The highest BCUT2D eigenvalue weighted by Gasteiger charge is 2.29. The molecule has 2 aromatic heterocycles. The average molecular weight is 578 g/mol. The summed E-state index contributed by atoms with van der Waals surface area (Å²) in [5.74, 6) is 0.675. The molecule has 0 bridgehead atoms. The largest absolute Gasteiger partial charge is 0.278 e. The Labute approximate surface area is 257 Å². The maximum atomic E-state index is 5.41. The summed E-state index contributed by atoms with van der Waals surface area (Å²) in [6.07, 6.45) is 0. The third-order valence-corrected chi connectivity index (χ3v) is 10.1. The van der Waals surface area contributed by atoms with Gasteiger partial charge in [-0.15, -0.1) is 11.3 Å². The van der Waals surface area contributed by atoms with Crippen LogP contribution in [0.15, 0.2) is 140 Å². The first kappa shape index (κ1) is 23.9. The van der Waals surface area contributed by atoms with Gasteiger partial charge in [0.15, 0.2) is 0 Å². The number of nitrogens with zero attached hydrogens (tertiary/aromatic N) is 3. The van der Waals surface area contributed by atoms with Crippen LogP contribution in [0.4, 0.5) is 17.3 Å². The zero-order chi connectivity index (χ0) is 28.8. The Morgan fingerprint density at radius 1 is 0.500 bits per heavy atom. The van der Waals surface area contributed by atoms with E-state index in [0.29, 0.717) is 5.95 Å². The number of rotatable bonds is 2. The van der Waals surface area contributed by atoms with Crippen molar-refractivity contribution in [3.05, 3.63) is 140 Å². The molecule has 0 unspecified atom stereocenters. The summed E-state index contributed by atoms with van der Waals surface area (Å²) in [7, 11) is 0. The van der Waals surface area contributed by atoms with E-state index >= 15 is 0 Å². The predicted octanol–water partition coefficient (Wildman–Crippen LogP) is 11.4. The van der Waals surface area contributed by atoms with Crippen LogP contribution in [0, 0.1) is 0 Å². The fourth-order valence-corrected chi connectivity index (χ4v) is 8.19. The van der Waals surface area contributed by atoms with E-state index in [1.807, 2.05) is 11.3 Å². The maximum Gasteiger partial charge on any atom is 0.235 e. The molecule has 3 nitrogen and oxygen atoms in total. The molecule has 44 heavy (non-hydrogen) atoms. The van der Waals surface area contributed by atoms with Gasteiger partial charge < -0.3 is 0 Å². The average Bonchev–Trinajstić information content (AvgIpc) is 3.46. The van der Waals surface area contributed by atoms with Gasteiger partial charge >= 0.3 is 0 Å². The fourth-order valence-electron chi connectivity index (χ4n) is 7.05. The van der Waals surface area contributed by atoms with Crippen LogP contribution in [0.2, 0.25) is 0 Å². The molecule has 0 atom stereocenters. The monoisotopic (exact) mass is 577 g/mol. The maximum absolute atomic E-state index is 5.41. The molecular formula is C40H23N3S. The smallest absolute Gasteiger partial charge is 0.235 e. The third-order valence-electron chi connectivity index (χ3n) is 8.98. The van der Waals surface area contributed by atoms with Gasteiger partial charge in [0, 0.05) is 42.1 Å². The summed E-state index contributed by atoms with van der Waals surface area (Å²) >= 11 is 1.83. The first-order valence-electron chi connectivity index (χ1n) is 14.8. The summed E-state index contributed by atoms with van der Waals surface area (Å²) in [6, 6.07) is 50.0. The molecule has 0 spiro atoms. The first-order valence-corrected chi connectivity index (χ1v) is 15.7. The lowest BCUT2D eigenvalue weighted by molar-refractivity contribution is 1.11. The van der Waals surface area contributed by atoms with Crippen LogP contribution < -0.4 is 4.90 Å². The number of fused-ring (bicyclic) bond motifs is 8. The van der Waals surface area contributed by atoms with Gasteiger partial charge in [0.2, 0.25) is 5.95 Å². The summed E-state index contributed by atoms with van der Waals surface area (Å²) in [4.78, 5) is 12.9. The molecular weight excluding hydrogens is 555 g/mol. The Bertz CT molecular complexity index is 2630. The van der Waals surface area contributed by atoms with E-state index in [1.165, 1.54) is 52.8 Å². The highest BCUT2D eigenvalue weighted by atomic mass is 32.1. The highest BCUT2D eigenvalue weighted by molar-refractivity contribution is 7.25. The van der Waals surface area contributed by atoms with Crippen LogP contribution in [0.1, 0.15) is 0 Å². The van der Waals surface area contributed by atoms with E-state index in [2.05, 4.69) is 144 Å². The van der Waals surface area contributed by atoms with Gasteiger partial charge in [-0.05, 0) is 52.1 Å². The molecule has 9 aromatic rings. The lowest BCUT2D eigenvalue weighted by Gasteiger charge is -2.33. The van der Waals surface area contributed by atoms with Gasteiger partial charge in [0.25, 0.3) is 0 Å². The third kappa shape index (κ3) is 3.31. The number of benzene rings is 7. The van der Waals surface area contributed by atoms with E-state index in [-0.39, 0.29) is 0 Å². The van der Waals surface area contributed by atoms with Gasteiger partial charge in [-0.3, -0.25) is 4.90 Å². The van der Waals surface area contributed by atoms with E-state index in [1.54, 1.807) is 0 Å². The minimum Gasteiger partial charge on any atom is -0.278 e. The number of thiophene rings is 1. The molecule has 0 saturated heterocycles. The SMILES string of the molecule is c1ccc2c3c(ccc2c1)N(c1nc(-c2ccc4c(c2)sc2ccccc24)c2ccccc2n1)c1cccc2cccc-3c12. The highest BCUT2D eigenvalue weighted by Crippen LogP contribution is 2.52. The molecule has 1 aliphatic rings. The molecule has 0 N–H and O–H groups in total. The van der Waals surface area contributed by atoms with Gasteiger partial charge in [0.05, 0.1) is 22.6 Å². The number of hydrogen-bond acceptors (Lipinski definition) is 4. The van der Waals surface area contributed by atoms with Crippen molar-refractivity contribution in [3.63, 3.8) is 0 Å². The van der Waals surface area contributed by atoms with E-state index in [0.717, 1.165) is 33.5 Å². The first-order chi connectivity index (χ1) is 21.8. The zero-order valence-corrected chi connectivity index (χ0v) is 24.3. The molecule has 7 aromatic carbocycles. The second-order valence-electron chi connectivity index (χ2n) is 11.4. The summed E-state index contributed by atoms with van der Waals surface area (Å²) in [5, 5.41) is 8.52. The van der Waals surface area contributed by atoms with Crippen LogP contribution in [0.3, 0.4) is 0 Å². The number of para-hydroxylation sites is 1. The Hall–Kier alpha value is -5.58. The summed E-state index contributed by atoms with van der Waals surface area (Å²) in [6.45, 7) is 0. The lowest BCUT2D eigenvalue weighted by atomic mass is 9.88. The van der Waals surface area contributed by atoms with Crippen LogP contribution in [0.25, 0.3) is 75.0 Å². The molecule has 10 rings (SSSR count). The Morgan fingerprint density at radius 2 is 1.25 bits per heavy atom. The van der Waals surface area contributed by atoms with Gasteiger partial charge in [0.1, 0.15) is 0 Å². The van der Waals surface area contributed by atoms with Crippen LogP contribution in [-0.2, 0) is 0 Å². The molecule has 0 fully saturated rings. The second-order valence-corrected chi connectivity index (χ2v) is 12.5. The summed E-state index contributed by atoms with van der Waals surface area (Å²) in [5.41, 5.74) is 7.63. The van der Waals surface area contributed by atoms with Crippen molar-refractivity contribution >= 4 is 81.3 Å². The van der Waals surface area contributed by atoms with Crippen molar-refractivity contribution in [2.45, 2.75) is 0 Å². The molecule has 0 aliphatic carbocycles. The summed E-state index contributed by atoms with van der Waals surface area (Å²) < 4.78 is 2.57. The topological polar surface area (TPSA) is 29.0 Å². The van der Waals surface area contributed by atoms with Crippen LogP contribution in [-0.4, -0.2) is 9.97 Å². The second kappa shape index (κ2) is 8.96. The molecule has 0 radical (unpaired) electrons. The lowest BCUT2D eigenvalue weighted by Crippen LogP contribution is -2.18.